The van der Waals surface area contributed by atoms with Gasteiger partial charge in [-0.15, -0.1) is 0 Å². The van der Waals surface area contributed by atoms with Crippen LogP contribution in [0.1, 0.15) is 45.7 Å². The first-order valence-corrected chi connectivity index (χ1v) is 7.08. The van der Waals surface area contributed by atoms with Crippen molar-refractivity contribution in [2.24, 2.45) is 0 Å². The number of aryl methyl sites for hydroxylation is 1. The maximum Gasteiger partial charge on any atom is 0.0899 e. The summed E-state index contributed by atoms with van der Waals surface area (Å²) in [5.41, 5.74) is 1.22. The Hall–Kier alpha value is -0.100. The zero-order chi connectivity index (χ0) is 12.0. The van der Waals surface area contributed by atoms with E-state index in [1.54, 1.807) is 0 Å². The first-order chi connectivity index (χ1) is 7.69. The Morgan fingerprint density at radius 2 is 2.25 bits per heavy atom. The third-order valence-electron chi connectivity index (χ3n) is 2.70. The zero-order valence-corrected chi connectivity index (χ0v) is 12.5. The Morgan fingerprint density at radius 1 is 1.50 bits per heavy atom. The molecule has 0 bridgehead atoms. The quantitative estimate of drug-likeness (QED) is 0.712. The van der Waals surface area contributed by atoms with Crippen LogP contribution in [0.2, 0.25) is 0 Å². The Balaban J connectivity index is 2.58. The zero-order valence-electron chi connectivity index (χ0n) is 10.4. The molecule has 1 aromatic rings. The van der Waals surface area contributed by atoms with E-state index in [-0.39, 0.29) is 0 Å². The molecule has 0 amide bonds. The molecule has 3 nitrogen and oxygen atoms in total. The van der Waals surface area contributed by atoms with Gasteiger partial charge in [0.15, 0.2) is 0 Å². The molecular weight excluding hydrogens is 315 g/mol. The molecule has 0 N–H and O–H groups in total. The molecule has 16 heavy (non-hydrogen) atoms. The van der Waals surface area contributed by atoms with Gasteiger partial charge in [-0.2, -0.15) is 5.10 Å². The molecule has 0 radical (unpaired) electrons. The Morgan fingerprint density at radius 3 is 2.88 bits per heavy atom. The van der Waals surface area contributed by atoms with Gasteiger partial charge in [0.1, 0.15) is 0 Å². The second-order valence-electron chi connectivity index (χ2n) is 4.05. The lowest BCUT2D eigenvalue weighted by atomic mass is 10.3. The van der Waals surface area contributed by atoms with Crippen molar-refractivity contribution >= 4 is 22.6 Å². The van der Waals surface area contributed by atoms with Crippen molar-refractivity contribution in [3.05, 3.63) is 15.5 Å². The van der Waals surface area contributed by atoms with Gasteiger partial charge in [0.05, 0.1) is 28.2 Å². The molecule has 92 valence electrons. The SMILES string of the molecule is CCCCn1ncc(I)c1COC(C)CC. The minimum Gasteiger partial charge on any atom is -0.372 e. The van der Waals surface area contributed by atoms with Gasteiger partial charge >= 0.3 is 0 Å². The molecule has 1 heterocycles. The summed E-state index contributed by atoms with van der Waals surface area (Å²) in [5, 5.41) is 4.39. The van der Waals surface area contributed by atoms with E-state index in [1.165, 1.54) is 22.1 Å². The Labute approximate surface area is 112 Å². The summed E-state index contributed by atoms with van der Waals surface area (Å²) in [7, 11) is 0. The Kier molecular flexibility index (Phi) is 6.34. The second-order valence-corrected chi connectivity index (χ2v) is 5.21. The van der Waals surface area contributed by atoms with Crippen molar-refractivity contribution < 1.29 is 4.74 Å². The molecule has 0 aliphatic rings. The highest BCUT2D eigenvalue weighted by Gasteiger charge is 2.09. The van der Waals surface area contributed by atoms with Crippen molar-refractivity contribution in [1.29, 1.82) is 0 Å². The van der Waals surface area contributed by atoms with Gasteiger partial charge in [0.2, 0.25) is 0 Å². The predicted octanol–water partition coefficient (Wildman–Crippen LogP) is 3.60. The van der Waals surface area contributed by atoms with Gasteiger partial charge in [-0.3, -0.25) is 4.68 Å². The number of halogens is 1. The van der Waals surface area contributed by atoms with Crippen molar-refractivity contribution in [3.63, 3.8) is 0 Å². The first-order valence-electron chi connectivity index (χ1n) is 6.00. The minimum atomic E-state index is 0.324. The van der Waals surface area contributed by atoms with Crippen LogP contribution < -0.4 is 0 Å². The highest BCUT2D eigenvalue weighted by atomic mass is 127. The lowest BCUT2D eigenvalue weighted by Gasteiger charge is -2.12. The number of hydrogen-bond acceptors (Lipinski definition) is 2. The van der Waals surface area contributed by atoms with Gasteiger partial charge in [-0.05, 0) is 42.4 Å². The number of hydrogen-bond donors (Lipinski definition) is 0. The van der Waals surface area contributed by atoms with Crippen LogP contribution in [0.4, 0.5) is 0 Å². The molecule has 1 unspecified atom stereocenters. The summed E-state index contributed by atoms with van der Waals surface area (Å²) in [4.78, 5) is 0. The number of rotatable bonds is 7. The van der Waals surface area contributed by atoms with E-state index in [9.17, 15) is 0 Å². The molecule has 1 aromatic heterocycles. The molecule has 0 aliphatic carbocycles. The summed E-state index contributed by atoms with van der Waals surface area (Å²) >= 11 is 2.33. The van der Waals surface area contributed by atoms with E-state index in [0.29, 0.717) is 12.7 Å². The van der Waals surface area contributed by atoms with E-state index in [2.05, 4.69) is 53.1 Å². The van der Waals surface area contributed by atoms with Crippen molar-refractivity contribution in [2.75, 3.05) is 0 Å². The average molecular weight is 336 g/mol. The number of ether oxygens (including phenoxy) is 1. The largest absolute Gasteiger partial charge is 0.372 e. The second kappa shape index (κ2) is 7.27. The summed E-state index contributed by atoms with van der Waals surface area (Å²) in [6.45, 7) is 8.13. The first kappa shape index (κ1) is 14.0. The molecule has 0 saturated heterocycles. The van der Waals surface area contributed by atoms with E-state index in [4.69, 9.17) is 4.74 Å². The third-order valence-corrected chi connectivity index (χ3v) is 3.60. The van der Waals surface area contributed by atoms with Gasteiger partial charge in [-0.25, -0.2) is 0 Å². The van der Waals surface area contributed by atoms with Gasteiger partial charge < -0.3 is 4.74 Å². The molecule has 0 aromatic carbocycles. The molecule has 0 fully saturated rings. The van der Waals surface area contributed by atoms with Crippen LogP contribution in [0, 0.1) is 3.57 Å². The van der Waals surface area contributed by atoms with Crippen molar-refractivity contribution in [1.82, 2.24) is 9.78 Å². The molecule has 0 spiro atoms. The summed E-state index contributed by atoms with van der Waals surface area (Å²) < 4.78 is 9.05. The van der Waals surface area contributed by atoms with Crippen LogP contribution in [-0.4, -0.2) is 15.9 Å². The fourth-order valence-corrected chi connectivity index (χ4v) is 1.93. The van der Waals surface area contributed by atoms with Gasteiger partial charge in [0, 0.05) is 6.54 Å². The molecule has 0 saturated carbocycles. The molecule has 4 heteroatoms. The number of nitrogens with zero attached hydrogens (tertiary/aromatic N) is 2. The fraction of sp³-hybridized carbons (Fsp3) is 0.750. The van der Waals surface area contributed by atoms with Crippen LogP contribution >= 0.6 is 22.6 Å². The predicted molar refractivity (Wildman–Crippen MR) is 74.4 cm³/mol. The molecule has 0 aliphatic heterocycles. The van der Waals surface area contributed by atoms with Crippen LogP contribution in [0.3, 0.4) is 0 Å². The molecule has 1 rings (SSSR count). The number of aromatic nitrogens is 2. The topological polar surface area (TPSA) is 27.1 Å². The minimum absolute atomic E-state index is 0.324. The monoisotopic (exact) mass is 336 g/mol. The fourth-order valence-electron chi connectivity index (χ4n) is 1.37. The van der Waals surface area contributed by atoms with Crippen molar-refractivity contribution in [2.45, 2.75) is 59.3 Å². The van der Waals surface area contributed by atoms with E-state index >= 15 is 0 Å². The lowest BCUT2D eigenvalue weighted by Crippen LogP contribution is -2.11. The average Bonchev–Trinajstić information content (AvgIpc) is 2.64. The lowest BCUT2D eigenvalue weighted by molar-refractivity contribution is 0.0462. The molecule has 1 atom stereocenters. The smallest absolute Gasteiger partial charge is 0.0899 e. The third kappa shape index (κ3) is 4.05. The van der Waals surface area contributed by atoms with E-state index in [1.807, 2.05) is 6.20 Å². The van der Waals surface area contributed by atoms with Crippen LogP contribution in [-0.2, 0) is 17.9 Å². The van der Waals surface area contributed by atoms with Gasteiger partial charge in [-0.1, -0.05) is 20.3 Å². The molecular formula is C12H21IN2O. The van der Waals surface area contributed by atoms with Crippen molar-refractivity contribution in [3.8, 4) is 0 Å². The van der Waals surface area contributed by atoms with Crippen LogP contribution in [0.25, 0.3) is 0 Å². The maximum absolute atomic E-state index is 5.77. The maximum atomic E-state index is 5.77. The summed E-state index contributed by atoms with van der Waals surface area (Å²) in [6, 6.07) is 0. The normalized spacial score (nSPS) is 13.0. The Bertz CT molecular complexity index is 312. The number of unbranched alkanes of at least 4 members (excludes halogenated alkanes) is 1. The van der Waals surface area contributed by atoms with E-state index < -0.39 is 0 Å². The highest BCUT2D eigenvalue weighted by Crippen LogP contribution is 2.15. The van der Waals surface area contributed by atoms with E-state index in [0.717, 1.165) is 13.0 Å². The highest BCUT2D eigenvalue weighted by molar-refractivity contribution is 14.1. The van der Waals surface area contributed by atoms with Gasteiger partial charge in [0.25, 0.3) is 0 Å². The standard InChI is InChI=1S/C12H21IN2O/c1-4-6-7-15-12(11(13)8-14-15)9-16-10(3)5-2/h8,10H,4-7,9H2,1-3H3. The van der Waals surface area contributed by atoms with Crippen LogP contribution in [0.5, 0.6) is 0 Å². The van der Waals surface area contributed by atoms with Crippen LogP contribution in [0.15, 0.2) is 6.20 Å². The summed E-state index contributed by atoms with van der Waals surface area (Å²) in [5.74, 6) is 0. The summed E-state index contributed by atoms with van der Waals surface area (Å²) in [6.07, 6.45) is 5.67.